The van der Waals surface area contributed by atoms with Crippen molar-refractivity contribution in [2.24, 2.45) is 17.5 Å². The lowest BCUT2D eigenvalue weighted by atomic mass is 9.78. The van der Waals surface area contributed by atoms with Gasteiger partial charge in [0.05, 0.1) is 5.69 Å². The number of hydrogen-bond donors (Lipinski definition) is 1. The Morgan fingerprint density at radius 3 is 2.71 bits per heavy atom. The van der Waals surface area contributed by atoms with E-state index >= 15 is 0 Å². The van der Waals surface area contributed by atoms with E-state index in [0.29, 0.717) is 5.41 Å². The van der Waals surface area contributed by atoms with Gasteiger partial charge in [0.25, 0.3) is 0 Å². The van der Waals surface area contributed by atoms with Gasteiger partial charge in [-0.1, -0.05) is 20.3 Å². The predicted molar refractivity (Wildman–Crippen MR) is 102 cm³/mol. The van der Waals surface area contributed by atoms with Crippen molar-refractivity contribution in [1.29, 1.82) is 0 Å². The first-order valence-corrected chi connectivity index (χ1v) is 9.35. The lowest BCUT2D eigenvalue weighted by Crippen LogP contribution is -2.50. The third-order valence-corrected chi connectivity index (χ3v) is 5.46. The summed E-state index contributed by atoms with van der Waals surface area (Å²) in [4.78, 5) is 6.98. The second-order valence-electron chi connectivity index (χ2n) is 7.58. The highest BCUT2D eigenvalue weighted by molar-refractivity contribution is 5.80. The smallest absolute Gasteiger partial charge is 0.193 e. The summed E-state index contributed by atoms with van der Waals surface area (Å²) in [5.74, 6) is 1.05. The normalized spacial score (nSPS) is 22.1. The summed E-state index contributed by atoms with van der Waals surface area (Å²) in [6, 6.07) is 0. The van der Waals surface area contributed by atoms with Gasteiger partial charge < -0.3 is 10.2 Å². The number of nitrogens with one attached hydrogen (secondary N) is 1. The van der Waals surface area contributed by atoms with Crippen molar-refractivity contribution in [3.05, 3.63) is 17.0 Å². The topological polar surface area (TPSA) is 45.4 Å². The molecule has 1 unspecified atom stereocenters. The first kappa shape index (κ1) is 18.8. The van der Waals surface area contributed by atoms with Crippen LogP contribution in [0.4, 0.5) is 0 Å². The molecule has 1 aromatic heterocycles. The van der Waals surface area contributed by atoms with Crippen molar-refractivity contribution >= 4 is 5.96 Å². The maximum absolute atomic E-state index is 4.53. The van der Waals surface area contributed by atoms with Crippen LogP contribution >= 0.6 is 0 Å². The van der Waals surface area contributed by atoms with Gasteiger partial charge in [-0.05, 0) is 50.5 Å². The van der Waals surface area contributed by atoms with Crippen LogP contribution in [0.25, 0.3) is 0 Å². The molecule has 2 heterocycles. The SMILES string of the molecule is CCCC1(C)CCCN(C(=NC)NCCc2c(C)nn(C)c2C)C1. The minimum atomic E-state index is 0.432. The van der Waals surface area contributed by atoms with Crippen LogP contribution in [0.3, 0.4) is 0 Å². The maximum atomic E-state index is 4.53. The van der Waals surface area contributed by atoms with Gasteiger partial charge >= 0.3 is 0 Å². The van der Waals surface area contributed by atoms with Crippen molar-refractivity contribution in [3.8, 4) is 0 Å². The summed E-state index contributed by atoms with van der Waals surface area (Å²) in [5, 5.41) is 8.08. The maximum Gasteiger partial charge on any atom is 0.193 e. The summed E-state index contributed by atoms with van der Waals surface area (Å²) in [5.41, 5.74) is 4.19. The Morgan fingerprint density at radius 1 is 1.38 bits per heavy atom. The van der Waals surface area contributed by atoms with Crippen molar-refractivity contribution < 1.29 is 0 Å². The molecule has 1 fully saturated rings. The minimum absolute atomic E-state index is 0.432. The molecular formula is C19H35N5. The first-order chi connectivity index (χ1) is 11.4. The first-order valence-electron chi connectivity index (χ1n) is 9.35. The molecule has 1 N–H and O–H groups in total. The van der Waals surface area contributed by atoms with Crippen molar-refractivity contribution in [2.45, 2.75) is 59.8 Å². The molecule has 136 valence electrons. The van der Waals surface area contributed by atoms with Crippen molar-refractivity contribution in [2.75, 3.05) is 26.7 Å². The zero-order chi connectivity index (χ0) is 17.7. The van der Waals surface area contributed by atoms with E-state index in [1.807, 2.05) is 18.8 Å². The number of nitrogens with zero attached hydrogens (tertiary/aromatic N) is 4. The molecule has 1 aromatic rings. The number of likely N-dealkylation sites (tertiary alicyclic amines) is 1. The van der Waals surface area contributed by atoms with Crippen LogP contribution in [-0.4, -0.2) is 47.3 Å². The number of aryl methyl sites for hydroxylation is 2. The van der Waals surface area contributed by atoms with Crippen LogP contribution < -0.4 is 5.32 Å². The van der Waals surface area contributed by atoms with E-state index in [9.17, 15) is 0 Å². The Bertz CT molecular complexity index is 571. The van der Waals surface area contributed by atoms with Crippen LogP contribution in [0.15, 0.2) is 4.99 Å². The Balaban J connectivity index is 1.93. The summed E-state index contributed by atoms with van der Waals surface area (Å²) in [7, 11) is 3.91. The second-order valence-corrected chi connectivity index (χ2v) is 7.58. The van der Waals surface area contributed by atoms with E-state index in [2.05, 4.69) is 48.0 Å². The van der Waals surface area contributed by atoms with Gasteiger partial charge in [-0.3, -0.25) is 9.67 Å². The highest BCUT2D eigenvalue weighted by Gasteiger charge is 2.31. The molecule has 24 heavy (non-hydrogen) atoms. The Morgan fingerprint density at radius 2 is 2.12 bits per heavy atom. The second kappa shape index (κ2) is 8.04. The quantitative estimate of drug-likeness (QED) is 0.665. The predicted octanol–water partition coefficient (Wildman–Crippen LogP) is 3.06. The third-order valence-electron chi connectivity index (χ3n) is 5.46. The molecular weight excluding hydrogens is 298 g/mol. The standard InChI is InChI=1S/C19H35N5/c1-7-10-19(4)11-8-13-24(14-19)18(20-5)21-12-9-17-15(2)22-23(6)16(17)3/h7-14H2,1-6H3,(H,20,21). The van der Waals surface area contributed by atoms with Gasteiger partial charge in [-0.15, -0.1) is 0 Å². The van der Waals surface area contributed by atoms with E-state index in [1.165, 1.54) is 36.9 Å². The molecule has 0 aliphatic carbocycles. The zero-order valence-corrected chi connectivity index (χ0v) is 16.4. The average Bonchev–Trinajstić information content (AvgIpc) is 2.77. The lowest BCUT2D eigenvalue weighted by Gasteiger charge is -2.42. The molecule has 1 saturated heterocycles. The highest BCUT2D eigenvalue weighted by Crippen LogP contribution is 2.33. The number of guanidine groups is 1. The van der Waals surface area contributed by atoms with E-state index < -0.39 is 0 Å². The summed E-state index contributed by atoms with van der Waals surface area (Å²) < 4.78 is 1.97. The molecule has 1 aliphatic rings. The molecule has 0 bridgehead atoms. The van der Waals surface area contributed by atoms with Crippen molar-refractivity contribution in [1.82, 2.24) is 20.0 Å². The van der Waals surface area contributed by atoms with E-state index in [-0.39, 0.29) is 0 Å². The van der Waals surface area contributed by atoms with E-state index in [4.69, 9.17) is 0 Å². The fourth-order valence-electron chi connectivity index (χ4n) is 4.11. The number of aliphatic imine (C=N–C) groups is 1. The Labute approximate surface area is 147 Å². The Hall–Kier alpha value is -1.52. The molecule has 0 amide bonds. The largest absolute Gasteiger partial charge is 0.356 e. The van der Waals surface area contributed by atoms with Crippen LogP contribution in [-0.2, 0) is 13.5 Å². The number of aromatic nitrogens is 2. The van der Waals surface area contributed by atoms with Crippen molar-refractivity contribution in [3.63, 3.8) is 0 Å². The fraction of sp³-hybridized carbons (Fsp3) is 0.789. The molecule has 5 nitrogen and oxygen atoms in total. The van der Waals surface area contributed by atoms with Crippen LogP contribution in [0, 0.1) is 19.3 Å². The van der Waals surface area contributed by atoms with Crippen LogP contribution in [0.1, 0.15) is 56.5 Å². The molecule has 0 aromatic carbocycles. The lowest BCUT2D eigenvalue weighted by molar-refractivity contribution is 0.142. The number of piperidine rings is 1. The van der Waals surface area contributed by atoms with Gasteiger partial charge in [-0.2, -0.15) is 5.10 Å². The Kier molecular flexibility index (Phi) is 6.30. The molecule has 0 saturated carbocycles. The van der Waals surface area contributed by atoms with Gasteiger partial charge in [0, 0.05) is 39.4 Å². The van der Waals surface area contributed by atoms with E-state index in [0.717, 1.165) is 37.7 Å². The summed E-state index contributed by atoms with van der Waals surface area (Å²) in [6.45, 7) is 12.1. The van der Waals surface area contributed by atoms with Gasteiger partial charge in [-0.25, -0.2) is 0 Å². The molecule has 1 atom stereocenters. The highest BCUT2D eigenvalue weighted by atomic mass is 15.3. The number of hydrogen-bond acceptors (Lipinski definition) is 2. The van der Waals surface area contributed by atoms with Gasteiger partial charge in [0.2, 0.25) is 0 Å². The zero-order valence-electron chi connectivity index (χ0n) is 16.4. The minimum Gasteiger partial charge on any atom is -0.356 e. The summed E-state index contributed by atoms with van der Waals surface area (Å²) in [6.07, 6.45) is 6.15. The molecule has 2 rings (SSSR count). The molecule has 0 spiro atoms. The molecule has 0 radical (unpaired) electrons. The van der Waals surface area contributed by atoms with Gasteiger partial charge in [0.15, 0.2) is 5.96 Å². The van der Waals surface area contributed by atoms with Crippen LogP contribution in [0.5, 0.6) is 0 Å². The monoisotopic (exact) mass is 333 g/mol. The fourth-order valence-corrected chi connectivity index (χ4v) is 4.11. The third kappa shape index (κ3) is 4.31. The van der Waals surface area contributed by atoms with Crippen LogP contribution in [0.2, 0.25) is 0 Å². The molecule has 5 heteroatoms. The molecule has 1 aliphatic heterocycles. The van der Waals surface area contributed by atoms with E-state index in [1.54, 1.807) is 0 Å². The average molecular weight is 334 g/mol. The van der Waals surface area contributed by atoms with Gasteiger partial charge in [0.1, 0.15) is 0 Å². The number of rotatable bonds is 5. The summed E-state index contributed by atoms with van der Waals surface area (Å²) >= 11 is 0.